The summed E-state index contributed by atoms with van der Waals surface area (Å²) >= 11 is 3.52. The molecule has 1 saturated heterocycles. The van der Waals surface area contributed by atoms with Gasteiger partial charge in [-0.1, -0.05) is 15.9 Å². The van der Waals surface area contributed by atoms with Crippen molar-refractivity contribution >= 4 is 15.9 Å². The fourth-order valence-electron chi connectivity index (χ4n) is 2.22. The van der Waals surface area contributed by atoms with Gasteiger partial charge in [0.1, 0.15) is 11.8 Å². The van der Waals surface area contributed by atoms with E-state index < -0.39 is 0 Å². The molecule has 1 aromatic carbocycles. The van der Waals surface area contributed by atoms with E-state index in [1.54, 1.807) is 7.11 Å². The van der Waals surface area contributed by atoms with Gasteiger partial charge < -0.3 is 10.1 Å². The summed E-state index contributed by atoms with van der Waals surface area (Å²) in [4.78, 5) is 0. The van der Waals surface area contributed by atoms with Crippen LogP contribution in [0.1, 0.15) is 30.9 Å². The monoisotopic (exact) mass is 270 g/mol. The summed E-state index contributed by atoms with van der Waals surface area (Å²) in [5.74, 6) is 1.02. The minimum absolute atomic E-state index is 0.575. The minimum Gasteiger partial charge on any atom is -0.496 e. The second-order valence-electron chi connectivity index (χ2n) is 4.01. The Balaban J connectivity index is 2.27. The highest BCUT2D eigenvalue weighted by Gasteiger charge is 2.21. The van der Waals surface area contributed by atoms with Crippen LogP contribution < -0.4 is 10.1 Å². The van der Waals surface area contributed by atoms with Crippen molar-refractivity contribution in [3.05, 3.63) is 28.2 Å². The van der Waals surface area contributed by atoms with Gasteiger partial charge in [0.05, 0.1) is 19.2 Å². The van der Waals surface area contributed by atoms with Crippen LogP contribution in [0, 0.1) is 0 Å². The molecular formula is C12H17BrNO+. The summed E-state index contributed by atoms with van der Waals surface area (Å²) in [6, 6.07) is 6.84. The molecule has 1 aromatic rings. The molecule has 82 valence electrons. The van der Waals surface area contributed by atoms with Crippen molar-refractivity contribution in [1.29, 1.82) is 0 Å². The van der Waals surface area contributed by atoms with E-state index >= 15 is 0 Å². The van der Waals surface area contributed by atoms with Gasteiger partial charge in [0, 0.05) is 10.9 Å². The van der Waals surface area contributed by atoms with Crippen molar-refractivity contribution in [1.82, 2.24) is 0 Å². The second kappa shape index (κ2) is 4.99. The predicted octanol–water partition coefficient (Wildman–Crippen LogP) is 2.25. The van der Waals surface area contributed by atoms with Crippen LogP contribution in [-0.2, 0) is 0 Å². The lowest BCUT2D eigenvalue weighted by Gasteiger charge is -2.22. The standard InChI is InChI=1S/C12H16BrNO/c1-15-12-6-5-9(13)8-10(12)11-4-2-3-7-14-11/h5-6,8,11,14H,2-4,7H2,1H3/p+1/t11-/m1/s1. The highest BCUT2D eigenvalue weighted by molar-refractivity contribution is 9.10. The maximum absolute atomic E-state index is 5.41. The van der Waals surface area contributed by atoms with Gasteiger partial charge in [-0.2, -0.15) is 0 Å². The number of hydrogen-bond donors (Lipinski definition) is 1. The maximum Gasteiger partial charge on any atom is 0.128 e. The summed E-state index contributed by atoms with van der Waals surface area (Å²) in [5.41, 5.74) is 1.33. The number of benzene rings is 1. The van der Waals surface area contributed by atoms with Gasteiger partial charge in [0.2, 0.25) is 0 Å². The van der Waals surface area contributed by atoms with Gasteiger partial charge in [-0.05, 0) is 31.0 Å². The molecule has 1 atom stereocenters. The normalized spacial score (nSPS) is 21.3. The maximum atomic E-state index is 5.41. The van der Waals surface area contributed by atoms with Crippen LogP contribution in [0.5, 0.6) is 5.75 Å². The number of hydrogen-bond acceptors (Lipinski definition) is 1. The van der Waals surface area contributed by atoms with E-state index in [0.29, 0.717) is 6.04 Å². The zero-order valence-corrected chi connectivity index (χ0v) is 10.6. The molecule has 0 unspecified atom stereocenters. The Morgan fingerprint density at radius 3 is 2.93 bits per heavy atom. The minimum atomic E-state index is 0.575. The fourth-order valence-corrected chi connectivity index (χ4v) is 2.60. The molecule has 0 radical (unpaired) electrons. The molecule has 0 amide bonds. The molecule has 1 aliphatic heterocycles. The van der Waals surface area contributed by atoms with Crippen LogP contribution in [-0.4, -0.2) is 13.7 Å². The van der Waals surface area contributed by atoms with Crippen LogP contribution in [0.4, 0.5) is 0 Å². The molecule has 2 rings (SSSR count). The lowest BCUT2D eigenvalue weighted by molar-refractivity contribution is -0.704. The van der Waals surface area contributed by atoms with Gasteiger partial charge in [-0.15, -0.1) is 0 Å². The first-order valence-electron chi connectivity index (χ1n) is 5.48. The number of ether oxygens (including phenoxy) is 1. The van der Waals surface area contributed by atoms with E-state index in [2.05, 4.69) is 27.3 Å². The number of methoxy groups -OCH3 is 1. The molecule has 1 fully saturated rings. The largest absolute Gasteiger partial charge is 0.496 e. The number of halogens is 1. The van der Waals surface area contributed by atoms with Gasteiger partial charge >= 0.3 is 0 Å². The average molecular weight is 271 g/mol. The number of quaternary nitrogens is 1. The van der Waals surface area contributed by atoms with Crippen LogP contribution in [0.25, 0.3) is 0 Å². The quantitative estimate of drug-likeness (QED) is 0.877. The Hall–Kier alpha value is -0.540. The van der Waals surface area contributed by atoms with Gasteiger partial charge in [0.15, 0.2) is 0 Å². The lowest BCUT2D eigenvalue weighted by atomic mass is 9.97. The highest BCUT2D eigenvalue weighted by Crippen LogP contribution is 2.29. The first kappa shape index (κ1) is 11.0. The van der Waals surface area contributed by atoms with Crippen molar-refractivity contribution in [3.8, 4) is 5.75 Å². The summed E-state index contributed by atoms with van der Waals surface area (Å²) < 4.78 is 6.55. The number of rotatable bonds is 2. The Morgan fingerprint density at radius 1 is 1.40 bits per heavy atom. The van der Waals surface area contributed by atoms with Crippen LogP contribution in [0.15, 0.2) is 22.7 Å². The molecule has 0 spiro atoms. The third-order valence-electron chi connectivity index (χ3n) is 3.01. The van der Waals surface area contributed by atoms with Crippen LogP contribution >= 0.6 is 15.9 Å². The molecule has 3 heteroatoms. The van der Waals surface area contributed by atoms with Crippen molar-refractivity contribution < 1.29 is 10.1 Å². The molecule has 1 heterocycles. The van der Waals surface area contributed by atoms with E-state index in [9.17, 15) is 0 Å². The summed E-state index contributed by atoms with van der Waals surface area (Å²) in [5, 5.41) is 2.42. The molecule has 0 bridgehead atoms. The molecule has 2 nitrogen and oxygen atoms in total. The smallest absolute Gasteiger partial charge is 0.128 e. The Labute approximate surface area is 99.1 Å². The molecule has 2 N–H and O–H groups in total. The Kier molecular flexibility index (Phi) is 3.65. The average Bonchev–Trinajstić information content (AvgIpc) is 2.30. The number of nitrogens with two attached hydrogens (primary N) is 1. The van der Waals surface area contributed by atoms with E-state index in [0.717, 1.165) is 10.2 Å². The molecule has 1 aliphatic rings. The summed E-state index contributed by atoms with van der Waals surface area (Å²) in [6.07, 6.45) is 3.93. The Bertz CT molecular complexity index is 334. The van der Waals surface area contributed by atoms with Gasteiger partial charge in [-0.25, -0.2) is 0 Å². The van der Waals surface area contributed by atoms with Crippen molar-refractivity contribution in [3.63, 3.8) is 0 Å². The summed E-state index contributed by atoms with van der Waals surface area (Å²) in [7, 11) is 1.75. The van der Waals surface area contributed by atoms with Crippen molar-refractivity contribution in [2.75, 3.05) is 13.7 Å². The molecule has 15 heavy (non-hydrogen) atoms. The van der Waals surface area contributed by atoms with E-state index in [1.807, 2.05) is 12.1 Å². The first-order chi connectivity index (χ1) is 7.31. The third kappa shape index (κ3) is 2.52. The molecule has 0 aliphatic carbocycles. The van der Waals surface area contributed by atoms with Crippen molar-refractivity contribution in [2.24, 2.45) is 0 Å². The second-order valence-corrected chi connectivity index (χ2v) is 4.93. The van der Waals surface area contributed by atoms with E-state index in [-0.39, 0.29) is 0 Å². The van der Waals surface area contributed by atoms with Crippen LogP contribution in [0.2, 0.25) is 0 Å². The third-order valence-corrected chi connectivity index (χ3v) is 3.50. The molecule has 0 saturated carbocycles. The predicted molar refractivity (Wildman–Crippen MR) is 64.1 cm³/mol. The van der Waals surface area contributed by atoms with Crippen molar-refractivity contribution in [2.45, 2.75) is 25.3 Å². The fraction of sp³-hybridized carbons (Fsp3) is 0.500. The zero-order valence-electron chi connectivity index (χ0n) is 9.00. The zero-order chi connectivity index (χ0) is 10.7. The SMILES string of the molecule is COc1ccc(Br)cc1[C@H]1CCCC[NH2+]1. The van der Waals surface area contributed by atoms with Gasteiger partial charge in [-0.3, -0.25) is 0 Å². The number of piperidine rings is 1. The molecule has 0 aromatic heterocycles. The summed E-state index contributed by atoms with van der Waals surface area (Å²) in [6.45, 7) is 1.24. The molecular weight excluding hydrogens is 254 g/mol. The lowest BCUT2D eigenvalue weighted by Crippen LogP contribution is -2.86. The van der Waals surface area contributed by atoms with E-state index in [4.69, 9.17) is 4.74 Å². The topological polar surface area (TPSA) is 25.8 Å². The Morgan fingerprint density at radius 2 is 2.27 bits per heavy atom. The highest BCUT2D eigenvalue weighted by atomic mass is 79.9. The van der Waals surface area contributed by atoms with Gasteiger partial charge in [0.25, 0.3) is 0 Å². The van der Waals surface area contributed by atoms with Crippen LogP contribution in [0.3, 0.4) is 0 Å². The van der Waals surface area contributed by atoms with E-state index in [1.165, 1.54) is 31.4 Å². The first-order valence-corrected chi connectivity index (χ1v) is 6.27.